The highest BCUT2D eigenvalue weighted by Crippen LogP contribution is 2.10. The summed E-state index contributed by atoms with van der Waals surface area (Å²) < 4.78 is 6.61. The van der Waals surface area contributed by atoms with Gasteiger partial charge in [0, 0.05) is 6.20 Å². The first-order valence-electron chi connectivity index (χ1n) is 5.53. The standard InChI is InChI=1S/C11H18N4O3/c1-11(2,3)18-10(17)14-9-6-15(7-13-9)5-8(16)4-12/h6-7H,4-5,12H2,1-3H3,(H,14,17). The Kier molecular flexibility index (Phi) is 4.43. The predicted octanol–water partition coefficient (Wildman–Crippen LogP) is 0.758. The molecule has 0 aliphatic rings. The Balaban J connectivity index is 2.54. The van der Waals surface area contributed by atoms with Crippen molar-refractivity contribution in [1.82, 2.24) is 9.55 Å². The molecule has 0 aliphatic carbocycles. The molecule has 0 aliphatic heterocycles. The molecule has 0 fully saturated rings. The van der Waals surface area contributed by atoms with Crippen molar-refractivity contribution < 1.29 is 14.3 Å². The highest BCUT2D eigenvalue weighted by molar-refractivity contribution is 5.83. The van der Waals surface area contributed by atoms with Crippen LogP contribution in [0.3, 0.4) is 0 Å². The number of ether oxygens (including phenoxy) is 1. The number of nitrogens with two attached hydrogens (primary N) is 1. The molecule has 100 valence electrons. The van der Waals surface area contributed by atoms with E-state index in [0.717, 1.165) is 0 Å². The Morgan fingerprint density at radius 3 is 2.72 bits per heavy atom. The van der Waals surface area contributed by atoms with Gasteiger partial charge >= 0.3 is 6.09 Å². The van der Waals surface area contributed by atoms with E-state index in [0.29, 0.717) is 5.82 Å². The zero-order valence-corrected chi connectivity index (χ0v) is 10.8. The second kappa shape index (κ2) is 5.63. The molecule has 0 unspecified atom stereocenters. The fourth-order valence-corrected chi connectivity index (χ4v) is 1.19. The first kappa shape index (κ1) is 14.2. The van der Waals surface area contributed by atoms with Crippen LogP contribution in [-0.4, -0.2) is 33.6 Å². The van der Waals surface area contributed by atoms with Gasteiger partial charge in [-0.15, -0.1) is 0 Å². The normalized spacial score (nSPS) is 11.1. The smallest absolute Gasteiger partial charge is 0.413 e. The molecule has 0 aromatic carbocycles. The van der Waals surface area contributed by atoms with Gasteiger partial charge in [0.05, 0.1) is 19.4 Å². The van der Waals surface area contributed by atoms with Crippen LogP contribution in [0.2, 0.25) is 0 Å². The third-order valence-electron chi connectivity index (χ3n) is 1.85. The maximum atomic E-state index is 11.4. The van der Waals surface area contributed by atoms with E-state index in [2.05, 4.69) is 10.3 Å². The number of aromatic nitrogens is 2. The van der Waals surface area contributed by atoms with E-state index in [-0.39, 0.29) is 18.9 Å². The van der Waals surface area contributed by atoms with Crippen LogP contribution in [0.4, 0.5) is 10.6 Å². The van der Waals surface area contributed by atoms with Gasteiger partial charge in [0.25, 0.3) is 0 Å². The molecule has 7 nitrogen and oxygen atoms in total. The molecule has 3 N–H and O–H groups in total. The van der Waals surface area contributed by atoms with E-state index in [1.807, 2.05) is 0 Å². The van der Waals surface area contributed by atoms with Crippen LogP contribution in [0.25, 0.3) is 0 Å². The minimum Gasteiger partial charge on any atom is -0.444 e. The first-order valence-corrected chi connectivity index (χ1v) is 5.53. The lowest BCUT2D eigenvalue weighted by Gasteiger charge is -2.19. The van der Waals surface area contributed by atoms with Gasteiger partial charge < -0.3 is 15.0 Å². The van der Waals surface area contributed by atoms with Crippen molar-refractivity contribution in [1.29, 1.82) is 0 Å². The number of carbonyl (C=O) groups is 2. The maximum absolute atomic E-state index is 11.4. The van der Waals surface area contributed by atoms with E-state index in [9.17, 15) is 9.59 Å². The predicted molar refractivity (Wildman–Crippen MR) is 66.1 cm³/mol. The van der Waals surface area contributed by atoms with E-state index in [4.69, 9.17) is 10.5 Å². The zero-order valence-electron chi connectivity index (χ0n) is 10.8. The van der Waals surface area contributed by atoms with Crippen LogP contribution < -0.4 is 11.1 Å². The highest BCUT2D eigenvalue weighted by atomic mass is 16.6. The van der Waals surface area contributed by atoms with E-state index in [1.165, 1.54) is 12.5 Å². The molecule has 1 aromatic rings. The van der Waals surface area contributed by atoms with E-state index in [1.54, 1.807) is 25.3 Å². The van der Waals surface area contributed by atoms with Crippen molar-refractivity contribution in [2.45, 2.75) is 32.9 Å². The number of rotatable bonds is 4. The molecule has 1 amide bonds. The molecule has 0 saturated heterocycles. The fourth-order valence-electron chi connectivity index (χ4n) is 1.19. The van der Waals surface area contributed by atoms with Gasteiger partial charge in [-0.3, -0.25) is 10.1 Å². The van der Waals surface area contributed by atoms with Gasteiger partial charge in [0.2, 0.25) is 0 Å². The van der Waals surface area contributed by atoms with E-state index < -0.39 is 11.7 Å². The number of nitrogens with zero attached hydrogens (tertiary/aromatic N) is 2. The van der Waals surface area contributed by atoms with Gasteiger partial charge in [0.15, 0.2) is 11.6 Å². The average Bonchev–Trinajstić information content (AvgIpc) is 2.62. The molecule has 1 aromatic heterocycles. The Labute approximate surface area is 105 Å². The maximum Gasteiger partial charge on any atom is 0.413 e. The van der Waals surface area contributed by atoms with Crippen LogP contribution in [0.1, 0.15) is 20.8 Å². The number of ketones is 1. The summed E-state index contributed by atoms with van der Waals surface area (Å²) in [6.45, 7) is 5.42. The lowest BCUT2D eigenvalue weighted by atomic mass is 10.2. The molecule has 0 radical (unpaired) electrons. The molecular formula is C11H18N4O3. The number of hydrogen-bond donors (Lipinski definition) is 2. The van der Waals surface area contributed by atoms with Crippen molar-refractivity contribution in [2.24, 2.45) is 5.73 Å². The number of imidazole rings is 1. The van der Waals surface area contributed by atoms with Gasteiger partial charge in [-0.2, -0.15) is 0 Å². The Hall–Kier alpha value is -1.89. The Bertz CT molecular complexity index is 434. The molecule has 1 rings (SSSR count). The average molecular weight is 254 g/mol. The fraction of sp³-hybridized carbons (Fsp3) is 0.545. The summed E-state index contributed by atoms with van der Waals surface area (Å²) in [6.07, 6.45) is 2.40. The quantitative estimate of drug-likeness (QED) is 0.826. The summed E-state index contributed by atoms with van der Waals surface area (Å²) in [7, 11) is 0. The minimum atomic E-state index is -0.585. The Morgan fingerprint density at radius 1 is 1.50 bits per heavy atom. The van der Waals surface area contributed by atoms with E-state index >= 15 is 0 Å². The molecular weight excluding hydrogens is 236 g/mol. The van der Waals surface area contributed by atoms with Crippen LogP contribution in [0.15, 0.2) is 12.5 Å². The van der Waals surface area contributed by atoms with Crippen LogP contribution in [0.5, 0.6) is 0 Å². The molecule has 0 saturated carbocycles. The third kappa shape index (κ3) is 4.96. The minimum absolute atomic E-state index is 0.0208. The summed E-state index contributed by atoms with van der Waals surface area (Å²) in [6, 6.07) is 0. The van der Waals surface area contributed by atoms with Crippen molar-refractivity contribution >= 4 is 17.7 Å². The van der Waals surface area contributed by atoms with Crippen molar-refractivity contribution in [3.05, 3.63) is 12.5 Å². The number of amides is 1. The van der Waals surface area contributed by atoms with Crippen molar-refractivity contribution in [2.75, 3.05) is 11.9 Å². The summed E-state index contributed by atoms with van der Waals surface area (Å²) in [4.78, 5) is 26.5. The number of hydrogen-bond acceptors (Lipinski definition) is 5. The van der Waals surface area contributed by atoms with Crippen LogP contribution >= 0.6 is 0 Å². The molecule has 0 atom stereocenters. The topological polar surface area (TPSA) is 99.2 Å². The van der Waals surface area contributed by atoms with Gasteiger partial charge in [-0.05, 0) is 20.8 Å². The summed E-state index contributed by atoms with van der Waals surface area (Å²) in [5.74, 6) is 0.213. The molecule has 1 heterocycles. The lowest BCUT2D eigenvalue weighted by Crippen LogP contribution is -2.27. The number of anilines is 1. The first-order chi connectivity index (χ1) is 8.30. The largest absolute Gasteiger partial charge is 0.444 e. The number of carbonyl (C=O) groups excluding carboxylic acids is 2. The van der Waals surface area contributed by atoms with Gasteiger partial charge in [-0.25, -0.2) is 9.78 Å². The lowest BCUT2D eigenvalue weighted by molar-refractivity contribution is -0.118. The zero-order chi connectivity index (χ0) is 13.8. The Morgan fingerprint density at radius 2 is 2.17 bits per heavy atom. The highest BCUT2D eigenvalue weighted by Gasteiger charge is 2.16. The second-order valence-electron chi connectivity index (χ2n) is 4.80. The third-order valence-corrected chi connectivity index (χ3v) is 1.85. The number of nitrogens with one attached hydrogen (secondary N) is 1. The van der Waals surface area contributed by atoms with Crippen LogP contribution in [-0.2, 0) is 16.1 Å². The van der Waals surface area contributed by atoms with Crippen molar-refractivity contribution in [3.8, 4) is 0 Å². The van der Waals surface area contributed by atoms with Gasteiger partial charge in [0.1, 0.15) is 5.60 Å². The number of Topliss-reactive ketones (excluding diaryl/α,β-unsaturated/α-hetero) is 1. The summed E-state index contributed by atoms with van der Waals surface area (Å²) in [5.41, 5.74) is 4.64. The van der Waals surface area contributed by atoms with Crippen LogP contribution in [0, 0.1) is 0 Å². The molecule has 0 bridgehead atoms. The summed E-state index contributed by atoms with van der Waals surface area (Å²) >= 11 is 0. The molecule has 0 spiro atoms. The summed E-state index contributed by atoms with van der Waals surface area (Å²) in [5, 5.41) is 2.47. The van der Waals surface area contributed by atoms with Crippen molar-refractivity contribution in [3.63, 3.8) is 0 Å². The molecule has 7 heteroatoms. The SMILES string of the molecule is CC(C)(C)OC(=O)Nc1cn(CC(=O)CN)cn1. The van der Waals surface area contributed by atoms with Gasteiger partial charge in [-0.1, -0.05) is 0 Å². The monoisotopic (exact) mass is 254 g/mol. The molecule has 18 heavy (non-hydrogen) atoms. The second-order valence-corrected chi connectivity index (χ2v) is 4.80.